The summed E-state index contributed by atoms with van der Waals surface area (Å²) in [6.07, 6.45) is 7.13. The van der Waals surface area contributed by atoms with Crippen molar-refractivity contribution in [2.75, 3.05) is 6.54 Å². The van der Waals surface area contributed by atoms with Gasteiger partial charge in [-0.25, -0.2) is 4.98 Å². The van der Waals surface area contributed by atoms with Gasteiger partial charge in [0.15, 0.2) is 0 Å². The molecule has 0 aliphatic heterocycles. The molecule has 1 aliphatic rings. The van der Waals surface area contributed by atoms with E-state index in [1.807, 2.05) is 11.3 Å². The van der Waals surface area contributed by atoms with Gasteiger partial charge in [-0.1, -0.05) is 26.2 Å². The second-order valence-corrected chi connectivity index (χ2v) is 7.25. The monoisotopic (exact) mass is 284 g/mol. The highest BCUT2D eigenvalue weighted by Gasteiger charge is 2.15. The van der Waals surface area contributed by atoms with Gasteiger partial charge >= 0.3 is 0 Å². The van der Waals surface area contributed by atoms with Crippen molar-refractivity contribution in [3.05, 3.63) is 16.1 Å². The first-order chi connectivity index (χ1) is 8.79. The molecule has 1 fully saturated rings. The van der Waals surface area contributed by atoms with Gasteiger partial charge in [0, 0.05) is 22.4 Å². The van der Waals surface area contributed by atoms with Crippen LogP contribution in [0, 0.1) is 0 Å². The summed E-state index contributed by atoms with van der Waals surface area (Å²) in [4.78, 5) is 4.75. The summed E-state index contributed by atoms with van der Waals surface area (Å²) in [6, 6.07) is 0.389. The van der Waals surface area contributed by atoms with Crippen LogP contribution in [0.1, 0.15) is 62.7 Å². The van der Waals surface area contributed by atoms with Gasteiger partial charge in [-0.15, -0.1) is 11.3 Å². The zero-order valence-electron chi connectivity index (χ0n) is 11.4. The van der Waals surface area contributed by atoms with Crippen LogP contribution in [-0.2, 0) is 5.75 Å². The minimum atomic E-state index is 0.389. The van der Waals surface area contributed by atoms with Gasteiger partial charge in [0.05, 0.1) is 5.69 Å². The Hall–Kier alpha value is -0.0600. The van der Waals surface area contributed by atoms with Crippen molar-refractivity contribution in [3.63, 3.8) is 0 Å². The highest BCUT2D eigenvalue weighted by atomic mass is 32.2. The molecule has 0 radical (unpaired) electrons. The lowest BCUT2D eigenvalue weighted by Crippen LogP contribution is -2.17. The van der Waals surface area contributed by atoms with Crippen LogP contribution in [0.2, 0.25) is 0 Å². The molecule has 18 heavy (non-hydrogen) atoms. The molecular weight excluding hydrogens is 260 g/mol. The maximum Gasteiger partial charge on any atom is 0.103 e. The maximum atomic E-state index is 4.75. The van der Waals surface area contributed by atoms with Crippen molar-refractivity contribution in [3.8, 4) is 0 Å². The van der Waals surface area contributed by atoms with Crippen molar-refractivity contribution in [1.82, 2.24) is 10.3 Å². The molecule has 2 nitrogen and oxygen atoms in total. The van der Waals surface area contributed by atoms with Crippen LogP contribution in [0.25, 0.3) is 0 Å². The van der Waals surface area contributed by atoms with Gasteiger partial charge in [0.1, 0.15) is 5.01 Å². The first kappa shape index (κ1) is 14.4. The molecule has 1 N–H and O–H groups in total. The number of nitrogens with one attached hydrogen (secondary N) is 1. The molecular formula is C14H24N2S2. The average molecular weight is 284 g/mol. The number of rotatable bonds is 6. The SMILES string of the molecule is CCNC(C)c1csc(CSC2CCCCC2)n1. The van der Waals surface area contributed by atoms with E-state index in [2.05, 4.69) is 36.3 Å². The van der Waals surface area contributed by atoms with E-state index in [9.17, 15) is 0 Å². The second-order valence-electron chi connectivity index (χ2n) is 5.02. The highest BCUT2D eigenvalue weighted by Crippen LogP contribution is 2.31. The smallest absolute Gasteiger partial charge is 0.103 e. The molecule has 0 spiro atoms. The van der Waals surface area contributed by atoms with Crippen LogP contribution in [-0.4, -0.2) is 16.8 Å². The van der Waals surface area contributed by atoms with Gasteiger partial charge in [0.25, 0.3) is 0 Å². The van der Waals surface area contributed by atoms with Crippen molar-refractivity contribution < 1.29 is 0 Å². The van der Waals surface area contributed by atoms with Gasteiger partial charge in [-0.2, -0.15) is 11.8 Å². The fourth-order valence-corrected chi connectivity index (χ4v) is 4.68. The molecule has 0 amide bonds. The van der Waals surface area contributed by atoms with E-state index in [1.165, 1.54) is 42.8 Å². The Balaban J connectivity index is 1.79. The van der Waals surface area contributed by atoms with E-state index in [-0.39, 0.29) is 0 Å². The van der Waals surface area contributed by atoms with E-state index in [0.29, 0.717) is 6.04 Å². The normalized spacial score (nSPS) is 19.0. The molecule has 1 aromatic heterocycles. The second kappa shape index (κ2) is 7.51. The van der Waals surface area contributed by atoms with E-state index in [0.717, 1.165) is 17.5 Å². The molecule has 4 heteroatoms. The van der Waals surface area contributed by atoms with Gasteiger partial charge in [-0.05, 0) is 26.3 Å². The third-order valence-electron chi connectivity index (χ3n) is 3.52. The first-order valence-electron chi connectivity index (χ1n) is 7.09. The predicted molar refractivity (Wildman–Crippen MR) is 82.4 cm³/mol. The molecule has 0 aromatic carbocycles. The molecule has 1 saturated carbocycles. The minimum absolute atomic E-state index is 0.389. The Bertz CT molecular complexity index is 345. The Morgan fingerprint density at radius 2 is 2.22 bits per heavy atom. The van der Waals surface area contributed by atoms with E-state index in [1.54, 1.807) is 0 Å². The van der Waals surface area contributed by atoms with Gasteiger partial charge in [-0.3, -0.25) is 0 Å². The zero-order valence-corrected chi connectivity index (χ0v) is 13.1. The molecule has 102 valence electrons. The van der Waals surface area contributed by atoms with E-state index >= 15 is 0 Å². The number of aromatic nitrogens is 1. The number of thioether (sulfide) groups is 1. The Morgan fingerprint density at radius 3 is 2.94 bits per heavy atom. The zero-order chi connectivity index (χ0) is 12.8. The van der Waals surface area contributed by atoms with Crippen LogP contribution in [0.3, 0.4) is 0 Å². The number of thiazole rings is 1. The van der Waals surface area contributed by atoms with Crippen LogP contribution in [0.15, 0.2) is 5.38 Å². The Labute approximate surface area is 119 Å². The summed E-state index contributed by atoms with van der Waals surface area (Å²) < 4.78 is 0. The summed E-state index contributed by atoms with van der Waals surface area (Å²) in [5.74, 6) is 1.11. The molecule has 1 heterocycles. The number of hydrogen-bond donors (Lipinski definition) is 1. The summed E-state index contributed by atoms with van der Waals surface area (Å²) in [5, 5.41) is 7.81. The molecule has 0 bridgehead atoms. The molecule has 0 saturated heterocycles. The molecule has 2 rings (SSSR count). The minimum Gasteiger partial charge on any atom is -0.309 e. The van der Waals surface area contributed by atoms with Gasteiger partial charge < -0.3 is 5.32 Å². The van der Waals surface area contributed by atoms with Crippen LogP contribution < -0.4 is 5.32 Å². The molecule has 1 aromatic rings. The summed E-state index contributed by atoms with van der Waals surface area (Å²) in [6.45, 7) is 5.34. The maximum absolute atomic E-state index is 4.75. The highest BCUT2D eigenvalue weighted by molar-refractivity contribution is 7.99. The standard InChI is InChI=1S/C14H24N2S2/c1-3-15-11(2)13-9-18-14(16-13)10-17-12-7-5-4-6-8-12/h9,11-12,15H,3-8,10H2,1-2H3. The topological polar surface area (TPSA) is 24.9 Å². The quantitative estimate of drug-likeness (QED) is 0.839. The van der Waals surface area contributed by atoms with Crippen LogP contribution in [0.5, 0.6) is 0 Å². The van der Waals surface area contributed by atoms with E-state index < -0.39 is 0 Å². The molecule has 1 aliphatic carbocycles. The van der Waals surface area contributed by atoms with E-state index in [4.69, 9.17) is 4.98 Å². The summed E-state index contributed by atoms with van der Waals surface area (Å²) in [7, 11) is 0. The lowest BCUT2D eigenvalue weighted by molar-refractivity contribution is 0.516. The summed E-state index contributed by atoms with van der Waals surface area (Å²) >= 11 is 3.94. The van der Waals surface area contributed by atoms with Crippen molar-refractivity contribution in [2.45, 2.75) is 63.0 Å². The van der Waals surface area contributed by atoms with Crippen molar-refractivity contribution >= 4 is 23.1 Å². The van der Waals surface area contributed by atoms with Crippen LogP contribution >= 0.6 is 23.1 Å². The number of hydrogen-bond acceptors (Lipinski definition) is 4. The fraction of sp³-hybridized carbons (Fsp3) is 0.786. The van der Waals surface area contributed by atoms with Gasteiger partial charge in [0.2, 0.25) is 0 Å². The van der Waals surface area contributed by atoms with Crippen molar-refractivity contribution in [2.24, 2.45) is 0 Å². The lowest BCUT2D eigenvalue weighted by atomic mass is 10.0. The third-order valence-corrected chi connectivity index (χ3v) is 5.95. The fourth-order valence-electron chi connectivity index (χ4n) is 2.42. The third kappa shape index (κ3) is 4.25. The number of nitrogens with zero attached hydrogens (tertiary/aromatic N) is 1. The van der Waals surface area contributed by atoms with Crippen LogP contribution in [0.4, 0.5) is 0 Å². The van der Waals surface area contributed by atoms with Crippen molar-refractivity contribution in [1.29, 1.82) is 0 Å². The molecule has 1 unspecified atom stereocenters. The Morgan fingerprint density at radius 1 is 1.44 bits per heavy atom. The lowest BCUT2D eigenvalue weighted by Gasteiger charge is -2.20. The summed E-state index contributed by atoms with van der Waals surface area (Å²) in [5.41, 5.74) is 1.21. The average Bonchev–Trinajstić information content (AvgIpc) is 2.87. The Kier molecular flexibility index (Phi) is 5.99. The molecule has 1 atom stereocenters. The first-order valence-corrected chi connectivity index (χ1v) is 9.01. The predicted octanol–water partition coefficient (Wildman–Crippen LogP) is 4.38. The largest absolute Gasteiger partial charge is 0.309 e.